The van der Waals surface area contributed by atoms with Crippen LogP contribution >= 0.6 is 11.6 Å². The minimum Gasteiger partial charge on any atom is -0.391 e. The maximum atomic E-state index is 11.9. The highest BCUT2D eigenvalue weighted by Crippen LogP contribution is 2.22. The molecule has 0 radical (unpaired) electrons. The van der Waals surface area contributed by atoms with Crippen molar-refractivity contribution < 1.29 is 18.3 Å². The van der Waals surface area contributed by atoms with Gasteiger partial charge in [-0.1, -0.05) is 24.9 Å². The van der Waals surface area contributed by atoms with Crippen LogP contribution in [0.3, 0.4) is 0 Å². The van der Waals surface area contributed by atoms with Gasteiger partial charge in [0.05, 0.1) is 16.0 Å². The van der Waals surface area contributed by atoms with E-state index in [-0.39, 0.29) is 22.0 Å². The van der Waals surface area contributed by atoms with Crippen LogP contribution in [0.4, 0.5) is 0 Å². The molecule has 20 heavy (non-hydrogen) atoms. The van der Waals surface area contributed by atoms with Gasteiger partial charge in [0.25, 0.3) is 5.91 Å². The van der Waals surface area contributed by atoms with Crippen LogP contribution in [0.15, 0.2) is 23.1 Å². The predicted molar refractivity (Wildman–Crippen MR) is 77.8 cm³/mol. The molecule has 0 bridgehead atoms. The molecule has 0 aliphatic carbocycles. The van der Waals surface area contributed by atoms with E-state index in [1.165, 1.54) is 18.2 Å². The van der Waals surface area contributed by atoms with Gasteiger partial charge < -0.3 is 10.4 Å². The second-order valence-electron chi connectivity index (χ2n) is 4.57. The number of halogens is 1. The normalized spacial score (nSPS) is 13.0. The molecular weight excluding hydrogens is 302 g/mol. The van der Waals surface area contributed by atoms with Crippen molar-refractivity contribution in [2.45, 2.75) is 30.8 Å². The number of nitrogens with one attached hydrogen (secondary N) is 1. The van der Waals surface area contributed by atoms with Gasteiger partial charge in [0.15, 0.2) is 9.84 Å². The van der Waals surface area contributed by atoms with Crippen molar-refractivity contribution in [3.05, 3.63) is 28.8 Å². The number of rotatable bonds is 6. The highest BCUT2D eigenvalue weighted by Gasteiger charge is 2.16. The molecule has 1 atom stereocenters. The van der Waals surface area contributed by atoms with E-state index in [2.05, 4.69) is 5.32 Å². The number of hydrogen-bond acceptors (Lipinski definition) is 4. The van der Waals surface area contributed by atoms with Gasteiger partial charge in [-0.05, 0) is 24.6 Å². The maximum absolute atomic E-state index is 11.9. The van der Waals surface area contributed by atoms with Crippen molar-refractivity contribution in [3.8, 4) is 0 Å². The van der Waals surface area contributed by atoms with E-state index in [0.29, 0.717) is 6.42 Å². The Kier molecular flexibility index (Phi) is 5.98. The van der Waals surface area contributed by atoms with Crippen LogP contribution in [0.5, 0.6) is 0 Å². The first kappa shape index (κ1) is 16.9. The van der Waals surface area contributed by atoms with Crippen LogP contribution in [0, 0.1) is 0 Å². The van der Waals surface area contributed by atoms with E-state index in [4.69, 9.17) is 11.6 Å². The van der Waals surface area contributed by atoms with Crippen molar-refractivity contribution in [1.29, 1.82) is 0 Å². The lowest BCUT2D eigenvalue weighted by Crippen LogP contribution is -2.32. The molecule has 1 aromatic carbocycles. The highest BCUT2D eigenvalue weighted by atomic mass is 35.5. The number of hydrogen-bond donors (Lipinski definition) is 2. The monoisotopic (exact) mass is 319 g/mol. The fourth-order valence-electron chi connectivity index (χ4n) is 1.68. The Morgan fingerprint density at radius 2 is 2.10 bits per heavy atom. The Morgan fingerprint density at radius 3 is 2.65 bits per heavy atom. The summed E-state index contributed by atoms with van der Waals surface area (Å²) in [6, 6.07) is 4.05. The van der Waals surface area contributed by atoms with E-state index >= 15 is 0 Å². The average molecular weight is 320 g/mol. The molecular formula is C13H18ClNO4S. The van der Waals surface area contributed by atoms with Crippen LogP contribution in [-0.4, -0.2) is 38.3 Å². The van der Waals surface area contributed by atoms with Crippen LogP contribution < -0.4 is 5.32 Å². The topological polar surface area (TPSA) is 83.5 Å². The SMILES string of the molecule is CCCC(O)CNC(=O)c1ccc(Cl)c(S(C)(=O)=O)c1. The summed E-state index contributed by atoms with van der Waals surface area (Å²) in [4.78, 5) is 11.8. The van der Waals surface area contributed by atoms with E-state index in [0.717, 1.165) is 12.7 Å². The number of sulfone groups is 1. The molecule has 0 fully saturated rings. The third kappa shape index (κ3) is 4.77. The number of carbonyl (C=O) groups is 1. The van der Waals surface area contributed by atoms with Gasteiger partial charge in [-0.15, -0.1) is 0 Å². The highest BCUT2D eigenvalue weighted by molar-refractivity contribution is 7.90. The van der Waals surface area contributed by atoms with Crippen LogP contribution in [0.2, 0.25) is 5.02 Å². The van der Waals surface area contributed by atoms with Gasteiger partial charge in [-0.25, -0.2) is 8.42 Å². The third-order valence-corrected chi connectivity index (χ3v) is 4.29. The Morgan fingerprint density at radius 1 is 1.45 bits per heavy atom. The van der Waals surface area contributed by atoms with Gasteiger partial charge >= 0.3 is 0 Å². The smallest absolute Gasteiger partial charge is 0.251 e. The molecule has 5 nitrogen and oxygen atoms in total. The molecule has 0 saturated heterocycles. The first-order valence-electron chi connectivity index (χ1n) is 6.21. The summed E-state index contributed by atoms with van der Waals surface area (Å²) in [7, 11) is -3.49. The first-order valence-corrected chi connectivity index (χ1v) is 8.48. The zero-order chi connectivity index (χ0) is 15.3. The fourth-order valence-corrected chi connectivity index (χ4v) is 2.98. The van der Waals surface area contributed by atoms with Crippen LogP contribution in [0.1, 0.15) is 30.1 Å². The standard InChI is InChI=1S/C13H18ClNO4S/c1-3-4-10(16)8-15-13(17)9-5-6-11(14)12(7-9)20(2,18)19/h5-7,10,16H,3-4,8H2,1-2H3,(H,15,17). The first-order chi connectivity index (χ1) is 9.25. The fraction of sp³-hybridized carbons (Fsp3) is 0.462. The second-order valence-corrected chi connectivity index (χ2v) is 6.96. The molecule has 0 aromatic heterocycles. The summed E-state index contributed by atoms with van der Waals surface area (Å²) in [6.45, 7) is 2.06. The van der Waals surface area contributed by atoms with E-state index in [1.54, 1.807) is 0 Å². The van der Waals surface area contributed by atoms with E-state index in [9.17, 15) is 18.3 Å². The molecule has 0 aliphatic heterocycles. The van der Waals surface area contributed by atoms with E-state index in [1.807, 2.05) is 6.92 Å². The summed E-state index contributed by atoms with van der Waals surface area (Å²) in [5.74, 6) is -0.443. The Hall–Kier alpha value is -1.11. The van der Waals surface area contributed by atoms with Crippen LogP contribution in [-0.2, 0) is 9.84 Å². The third-order valence-electron chi connectivity index (χ3n) is 2.71. The van der Waals surface area contributed by atoms with Crippen molar-refractivity contribution in [2.75, 3.05) is 12.8 Å². The summed E-state index contributed by atoms with van der Waals surface area (Å²) in [5.41, 5.74) is 0.193. The quantitative estimate of drug-likeness (QED) is 0.835. The summed E-state index contributed by atoms with van der Waals surface area (Å²) in [6.07, 6.45) is 1.83. The molecule has 1 rings (SSSR count). The van der Waals surface area contributed by atoms with Gasteiger partial charge in [0.1, 0.15) is 0 Å². The number of benzene rings is 1. The molecule has 0 heterocycles. The number of aliphatic hydroxyl groups excluding tert-OH is 1. The molecule has 7 heteroatoms. The Bertz CT molecular complexity index is 586. The molecule has 2 N–H and O–H groups in total. The average Bonchev–Trinajstić information content (AvgIpc) is 2.35. The molecule has 1 amide bonds. The van der Waals surface area contributed by atoms with Gasteiger partial charge in [-0.2, -0.15) is 0 Å². The number of carbonyl (C=O) groups excluding carboxylic acids is 1. The molecule has 1 aromatic rings. The lowest BCUT2D eigenvalue weighted by atomic mass is 10.2. The zero-order valence-electron chi connectivity index (χ0n) is 11.4. The lowest BCUT2D eigenvalue weighted by Gasteiger charge is -2.11. The van der Waals surface area contributed by atoms with Crippen molar-refractivity contribution in [1.82, 2.24) is 5.32 Å². The van der Waals surface area contributed by atoms with Gasteiger partial charge in [-0.3, -0.25) is 4.79 Å². The Balaban J connectivity index is 2.85. The molecule has 0 aliphatic rings. The minimum atomic E-state index is -3.49. The van der Waals surface area contributed by atoms with Crippen LogP contribution in [0.25, 0.3) is 0 Å². The van der Waals surface area contributed by atoms with Gasteiger partial charge in [0.2, 0.25) is 0 Å². The number of aliphatic hydroxyl groups is 1. The van der Waals surface area contributed by atoms with Crippen molar-refractivity contribution in [3.63, 3.8) is 0 Å². The molecule has 1 unspecified atom stereocenters. The zero-order valence-corrected chi connectivity index (χ0v) is 13.0. The van der Waals surface area contributed by atoms with E-state index < -0.39 is 21.8 Å². The predicted octanol–water partition coefficient (Wildman–Crippen LogP) is 1.63. The summed E-state index contributed by atoms with van der Waals surface area (Å²) < 4.78 is 23.0. The lowest BCUT2D eigenvalue weighted by molar-refractivity contribution is 0.0910. The summed E-state index contributed by atoms with van der Waals surface area (Å²) >= 11 is 5.80. The molecule has 112 valence electrons. The number of amides is 1. The second kappa shape index (κ2) is 7.06. The van der Waals surface area contributed by atoms with Gasteiger partial charge in [0, 0.05) is 18.4 Å². The minimum absolute atomic E-state index is 0.0788. The van der Waals surface area contributed by atoms with Crippen molar-refractivity contribution >= 4 is 27.3 Å². The Labute approximate surface area is 123 Å². The maximum Gasteiger partial charge on any atom is 0.251 e. The summed E-state index contributed by atoms with van der Waals surface area (Å²) in [5, 5.41) is 12.2. The largest absolute Gasteiger partial charge is 0.391 e. The molecule has 0 saturated carbocycles. The van der Waals surface area contributed by atoms with Crippen molar-refractivity contribution in [2.24, 2.45) is 0 Å². The molecule has 0 spiro atoms.